The Bertz CT molecular complexity index is 401. The first-order valence-electron chi connectivity index (χ1n) is 4.28. The van der Waals surface area contributed by atoms with Crippen molar-refractivity contribution >= 4 is 33.5 Å². The lowest BCUT2D eigenvalue weighted by atomic mass is 10.1. The SMILES string of the molecule is O=C(O)c1cnc(Cl)c(C(O)C(O)CBr)c1. The van der Waals surface area contributed by atoms with E-state index in [0.29, 0.717) is 0 Å². The molecule has 0 aromatic carbocycles. The Hall–Kier alpha value is -0.690. The van der Waals surface area contributed by atoms with Crippen LogP contribution in [0.1, 0.15) is 22.0 Å². The third-order valence-corrected chi connectivity index (χ3v) is 2.93. The number of pyridine rings is 1. The summed E-state index contributed by atoms with van der Waals surface area (Å²) in [6.45, 7) is 0. The number of hydrogen-bond donors (Lipinski definition) is 3. The minimum absolute atomic E-state index is 0.0301. The highest BCUT2D eigenvalue weighted by Crippen LogP contribution is 2.25. The highest BCUT2D eigenvalue weighted by Gasteiger charge is 2.21. The molecule has 7 heteroatoms. The van der Waals surface area contributed by atoms with Gasteiger partial charge < -0.3 is 15.3 Å². The largest absolute Gasteiger partial charge is 0.478 e. The molecule has 0 fully saturated rings. The molecule has 0 radical (unpaired) electrons. The van der Waals surface area contributed by atoms with Crippen molar-refractivity contribution in [1.29, 1.82) is 0 Å². The van der Waals surface area contributed by atoms with E-state index in [0.717, 1.165) is 6.20 Å². The van der Waals surface area contributed by atoms with E-state index >= 15 is 0 Å². The van der Waals surface area contributed by atoms with Crippen LogP contribution < -0.4 is 0 Å². The van der Waals surface area contributed by atoms with E-state index in [1.807, 2.05) is 0 Å². The van der Waals surface area contributed by atoms with E-state index in [4.69, 9.17) is 16.7 Å². The summed E-state index contributed by atoms with van der Waals surface area (Å²) < 4.78 is 0. The Balaban J connectivity index is 3.11. The van der Waals surface area contributed by atoms with Crippen LogP contribution in [-0.4, -0.2) is 37.7 Å². The van der Waals surface area contributed by atoms with Gasteiger partial charge in [0.05, 0.1) is 11.7 Å². The third-order valence-electron chi connectivity index (χ3n) is 1.95. The summed E-state index contributed by atoms with van der Waals surface area (Å²) in [4.78, 5) is 14.3. The molecule has 0 aliphatic heterocycles. The molecular weight excluding hydrogens is 301 g/mol. The van der Waals surface area contributed by atoms with E-state index in [-0.39, 0.29) is 21.6 Å². The zero-order valence-corrected chi connectivity index (χ0v) is 10.3. The van der Waals surface area contributed by atoms with Crippen molar-refractivity contribution < 1.29 is 20.1 Å². The number of aromatic carboxylic acids is 1. The maximum atomic E-state index is 10.7. The van der Waals surface area contributed by atoms with Gasteiger partial charge in [0.15, 0.2) is 0 Å². The standard InChI is InChI=1S/C9H9BrClNO4/c10-2-6(13)7(14)5-1-4(9(15)16)3-12-8(5)11/h1,3,6-7,13-14H,2H2,(H,15,16). The fourth-order valence-corrected chi connectivity index (χ4v) is 1.65. The highest BCUT2D eigenvalue weighted by molar-refractivity contribution is 9.09. The van der Waals surface area contributed by atoms with E-state index in [1.165, 1.54) is 6.07 Å². The Morgan fingerprint density at radius 3 is 2.69 bits per heavy atom. The molecule has 0 spiro atoms. The molecule has 3 N–H and O–H groups in total. The fourth-order valence-electron chi connectivity index (χ4n) is 1.08. The second-order valence-corrected chi connectivity index (χ2v) is 4.08. The quantitative estimate of drug-likeness (QED) is 0.574. The molecule has 1 heterocycles. The zero-order chi connectivity index (χ0) is 12.3. The van der Waals surface area contributed by atoms with Crippen LogP contribution in [0.15, 0.2) is 12.3 Å². The zero-order valence-electron chi connectivity index (χ0n) is 7.97. The van der Waals surface area contributed by atoms with Gasteiger partial charge >= 0.3 is 5.97 Å². The van der Waals surface area contributed by atoms with E-state index < -0.39 is 18.2 Å². The fraction of sp³-hybridized carbons (Fsp3) is 0.333. The summed E-state index contributed by atoms with van der Waals surface area (Å²) in [6.07, 6.45) is -1.27. The van der Waals surface area contributed by atoms with Gasteiger partial charge in [-0.25, -0.2) is 9.78 Å². The molecule has 0 bridgehead atoms. The first-order valence-corrected chi connectivity index (χ1v) is 5.78. The average Bonchev–Trinajstić information content (AvgIpc) is 2.27. The summed E-state index contributed by atoms with van der Waals surface area (Å²) in [6, 6.07) is 1.19. The number of carboxylic acid groups (broad SMARTS) is 1. The molecule has 1 aromatic rings. The smallest absolute Gasteiger partial charge is 0.337 e. The molecule has 5 nitrogen and oxygen atoms in total. The van der Waals surface area contributed by atoms with Crippen molar-refractivity contribution in [2.24, 2.45) is 0 Å². The molecule has 0 saturated carbocycles. The van der Waals surface area contributed by atoms with Gasteiger partial charge in [0.2, 0.25) is 0 Å². The summed E-state index contributed by atoms with van der Waals surface area (Å²) >= 11 is 8.70. The molecule has 88 valence electrons. The molecule has 0 aliphatic rings. The van der Waals surface area contributed by atoms with Crippen LogP contribution in [0.2, 0.25) is 5.15 Å². The van der Waals surface area contributed by atoms with Crippen LogP contribution in [0.5, 0.6) is 0 Å². The van der Waals surface area contributed by atoms with Gasteiger partial charge in [0.1, 0.15) is 11.3 Å². The van der Waals surface area contributed by atoms with Crippen LogP contribution in [0.4, 0.5) is 0 Å². The van der Waals surface area contributed by atoms with Gasteiger partial charge in [-0.1, -0.05) is 27.5 Å². The lowest BCUT2D eigenvalue weighted by molar-refractivity contribution is 0.0340. The molecule has 0 amide bonds. The van der Waals surface area contributed by atoms with Crippen LogP contribution in [0.25, 0.3) is 0 Å². The molecule has 0 saturated heterocycles. The Morgan fingerprint density at radius 1 is 1.56 bits per heavy atom. The number of aliphatic hydroxyl groups is 2. The first-order chi connectivity index (χ1) is 7.47. The van der Waals surface area contributed by atoms with Gasteiger partial charge in [-0.05, 0) is 6.07 Å². The Labute approximate surface area is 105 Å². The summed E-state index contributed by atoms with van der Waals surface area (Å²) in [5, 5.41) is 27.9. The third kappa shape index (κ3) is 2.91. The van der Waals surface area contributed by atoms with E-state index in [9.17, 15) is 15.0 Å². The van der Waals surface area contributed by atoms with Gasteiger partial charge in [0.25, 0.3) is 0 Å². The molecular formula is C9H9BrClNO4. The molecule has 1 rings (SSSR count). The number of carboxylic acids is 1. The minimum Gasteiger partial charge on any atom is -0.478 e. The number of halogens is 2. The maximum Gasteiger partial charge on any atom is 0.337 e. The lowest BCUT2D eigenvalue weighted by Gasteiger charge is -2.16. The van der Waals surface area contributed by atoms with Gasteiger partial charge in [-0.3, -0.25) is 0 Å². The van der Waals surface area contributed by atoms with Crippen molar-refractivity contribution in [3.05, 3.63) is 28.5 Å². The second-order valence-electron chi connectivity index (χ2n) is 3.08. The van der Waals surface area contributed by atoms with Gasteiger partial charge in [0, 0.05) is 17.1 Å². The Kier molecular flexibility index (Phi) is 4.67. The second kappa shape index (κ2) is 5.58. The molecule has 1 aromatic heterocycles. The van der Waals surface area contributed by atoms with Crippen LogP contribution in [-0.2, 0) is 0 Å². The number of nitrogens with zero attached hydrogens (tertiary/aromatic N) is 1. The van der Waals surface area contributed by atoms with Crippen molar-refractivity contribution in [2.45, 2.75) is 12.2 Å². The van der Waals surface area contributed by atoms with Gasteiger partial charge in [-0.15, -0.1) is 0 Å². The maximum absolute atomic E-state index is 10.7. The predicted molar refractivity (Wildman–Crippen MR) is 61.0 cm³/mol. The van der Waals surface area contributed by atoms with Crippen molar-refractivity contribution in [3.63, 3.8) is 0 Å². The highest BCUT2D eigenvalue weighted by atomic mass is 79.9. The minimum atomic E-state index is -1.28. The Morgan fingerprint density at radius 2 is 2.19 bits per heavy atom. The topological polar surface area (TPSA) is 90.7 Å². The first kappa shape index (κ1) is 13.4. The van der Waals surface area contributed by atoms with Gasteiger partial charge in [-0.2, -0.15) is 0 Å². The molecule has 16 heavy (non-hydrogen) atoms. The monoisotopic (exact) mass is 309 g/mol. The van der Waals surface area contributed by atoms with E-state index in [1.54, 1.807) is 0 Å². The normalized spacial score (nSPS) is 14.5. The summed E-state index contributed by atoms with van der Waals surface area (Å²) in [7, 11) is 0. The number of alkyl halides is 1. The van der Waals surface area contributed by atoms with Crippen LogP contribution >= 0.6 is 27.5 Å². The number of hydrogen-bond acceptors (Lipinski definition) is 4. The summed E-state index contributed by atoms with van der Waals surface area (Å²) in [5.41, 5.74) is -0.00580. The van der Waals surface area contributed by atoms with Crippen LogP contribution in [0.3, 0.4) is 0 Å². The average molecular weight is 311 g/mol. The molecule has 2 unspecified atom stereocenters. The number of aromatic nitrogens is 1. The molecule has 0 aliphatic carbocycles. The van der Waals surface area contributed by atoms with Crippen LogP contribution in [0, 0.1) is 0 Å². The summed E-state index contributed by atoms with van der Waals surface area (Å²) in [5.74, 6) is -1.18. The molecule has 2 atom stereocenters. The van der Waals surface area contributed by atoms with E-state index in [2.05, 4.69) is 20.9 Å². The number of aliphatic hydroxyl groups excluding tert-OH is 2. The predicted octanol–water partition coefficient (Wildman–Crippen LogP) is 1.22. The van der Waals surface area contributed by atoms with Crippen molar-refractivity contribution in [3.8, 4) is 0 Å². The number of carbonyl (C=O) groups is 1. The lowest BCUT2D eigenvalue weighted by Crippen LogP contribution is -2.20. The van der Waals surface area contributed by atoms with Crippen molar-refractivity contribution in [1.82, 2.24) is 4.98 Å². The number of rotatable bonds is 4. The van der Waals surface area contributed by atoms with Crippen molar-refractivity contribution in [2.75, 3.05) is 5.33 Å².